The van der Waals surface area contributed by atoms with Crippen molar-refractivity contribution in [3.8, 4) is 5.75 Å². The van der Waals surface area contributed by atoms with Crippen molar-refractivity contribution in [2.24, 2.45) is 5.16 Å². The molecule has 6 nitrogen and oxygen atoms in total. The van der Waals surface area contributed by atoms with E-state index in [2.05, 4.69) is 15.4 Å². The van der Waals surface area contributed by atoms with Crippen LogP contribution in [0.2, 0.25) is 0 Å². The second-order valence-corrected chi connectivity index (χ2v) is 5.51. The fraction of sp³-hybridized carbons (Fsp3) is 0.500. The molecule has 0 aromatic heterocycles. The topological polar surface area (TPSA) is 63.2 Å². The van der Waals surface area contributed by atoms with Crippen LogP contribution in [0.15, 0.2) is 29.4 Å². The minimum absolute atomic E-state index is 0.106. The Hall–Kier alpha value is -2.08. The van der Waals surface area contributed by atoms with E-state index in [1.165, 1.54) is 0 Å². The fourth-order valence-electron chi connectivity index (χ4n) is 2.19. The molecule has 1 N–H and O–H groups in total. The molecule has 1 aliphatic rings. The van der Waals surface area contributed by atoms with Gasteiger partial charge in [-0.1, -0.05) is 5.16 Å². The van der Waals surface area contributed by atoms with Crippen molar-refractivity contribution >= 4 is 11.6 Å². The zero-order valence-corrected chi connectivity index (χ0v) is 13.3. The molecule has 0 aliphatic carbocycles. The van der Waals surface area contributed by atoms with Crippen LogP contribution in [0, 0.1) is 0 Å². The van der Waals surface area contributed by atoms with Gasteiger partial charge >= 0.3 is 0 Å². The van der Waals surface area contributed by atoms with Crippen molar-refractivity contribution in [3.05, 3.63) is 29.8 Å². The molecule has 1 heterocycles. The van der Waals surface area contributed by atoms with Crippen LogP contribution in [0.3, 0.4) is 0 Å². The Morgan fingerprint density at radius 3 is 2.77 bits per heavy atom. The molecule has 1 aliphatic heterocycles. The van der Waals surface area contributed by atoms with Gasteiger partial charge in [-0.05, 0) is 56.9 Å². The molecule has 0 fully saturated rings. The van der Waals surface area contributed by atoms with E-state index in [4.69, 9.17) is 9.57 Å². The number of amides is 1. The first-order valence-corrected chi connectivity index (χ1v) is 7.39. The third-order valence-electron chi connectivity index (χ3n) is 3.47. The first-order valence-electron chi connectivity index (χ1n) is 7.39. The highest BCUT2D eigenvalue weighted by molar-refractivity contribution is 6.04. The van der Waals surface area contributed by atoms with E-state index in [-0.39, 0.29) is 5.91 Å². The summed E-state index contributed by atoms with van der Waals surface area (Å²) in [5.74, 6) is 0.685. The monoisotopic (exact) mass is 305 g/mol. The van der Waals surface area contributed by atoms with Gasteiger partial charge in [0, 0.05) is 13.0 Å². The van der Waals surface area contributed by atoms with Crippen LogP contribution in [0.25, 0.3) is 0 Å². The van der Waals surface area contributed by atoms with E-state index < -0.39 is 6.10 Å². The van der Waals surface area contributed by atoms with Gasteiger partial charge in [0.2, 0.25) is 6.10 Å². The molecule has 0 radical (unpaired) electrons. The van der Waals surface area contributed by atoms with E-state index in [0.717, 1.165) is 30.0 Å². The Kier molecular flexibility index (Phi) is 5.77. The second-order valence-electron chi connectivity index (χ2n) is 5.51. The van der Waals surface area contributed by atoms with Crippen LogP contribution in [0.5, 0.6) is 5.75 Å². The van der Waals surface area contributed by atoms with Gasteiger partial charge in [0.25, 0.3) is 5.91 Å². The Morgan fingerprint density at radius 2 is 2.14 bits per heavy atom. The van der Waals surface area contributed by atoms with Crippen molar-refractivity contribution in [3.63, 3.8) is 0 Å². The molecule has 1 aromatic rings. The summed E-state index contributed by atoms with van der Waals surface area (Å²) < 4.78 is 5.12. The number of hydrogen-bond donors (Lipinski definition) is 1. The zero-order chi connectivity index (χ0) is 15.9. The molecular weight excluding hydrogens is 282 g/mol. The van der Waals surface area contributed by atoms with Gasteiger partial charge in [-0.15, -0.1) is 0 Å². The SMILES string of the molecule is COc1ccc(C2=NO[C@@H](C(=O)NCCCN(C)C)C2)cc1. The number of nitrogens with zero attached hydrogens (tertiary/aromatic N) is 2. The van der Waals surface area contributed by atoms with Crippen molar-refractivity contribution in [2.45, 2.75) is 18.9 Å². The van der Waals surface area contributed by atoms with Gasteiger partial charge in [0.15, 0.2) is 0 Å². The minimum Gasteiger partial charge on any atom is -0.497 e. The summed E-state index contributed by atoms with van der Waals surface area (Å²) in [6.45, 7) is 1.59. The number of ether oxygens (including phenoxy) is 1. The number of nitrogens with one attached hydrogen (secondary N) is 1. The lowest BCUT2D eigenvalue weighted by Crippen LogP contribution is -2.36. The molecule has 0 spiro atoms. The molecule has 0 saturated carbocycles. The number of rotatable bonds is 7. The lowest BCUT2D eigenvalue weighted by Gasteiger charge is -2.11. The summed E-state index contributed by atoms with van der Waals surface area (Å²) in [6.07, 6.45) is 0.875. The maximum atomic E-state index is 12.0. The molecule has 2 rings (SSSR count). The van der Waals surface area contributed by atoms with E-state index in [9.17, 15) is 4.79 Å². The third-order valence-corrected chi connectivity index (χ3v) is 3.47. The Balaban J connectivity index is 1.79. The predicted octanol–water partition coefficient (Wildman–Crippen LogP) is 1.26. The highest BCUT2D eigenvalue weighted by Gasteiger charge is 2.28. The maximum absolute atomic E-state index is 12.0. The van der Waals surface area contributed by atoms with E-state index >= 15 is 0 Å². The molecular formula is C16H23N3O3. The number of benzene rings is 1. The van der Waals surface area contributed by atoms with Crippen LogP contribution in [-0.2, 0) is 9.63 Å². The quantitative estimate of drug-likeness (QED) is 0.770. The van der Waals surface area contributed by atoms with Crippen LogP contribution in [0.1, 0.15) is 18.4 Å². The average Bonchev–Trinajstić information content (AvgIpc) is 3.01. The first kappa shape index (κ1) is 16.3. The molecule has 1 aromatic carbocycles. The standard InChI is InChI=1S/C16H23N3O3/c1-19(2)10-4-9-17-16(20)15-11-14(18-22-15)12-5-7-13(21-3)8-6-12/h5-8,15H,4,9-11H2,1-3H3,(H,17,20)/t15-/m1/s1. The fourth-order valence-corrected chi connectivity index (χ4v) is 2.19. The highest BCUT2D eigenvalue weighted by Crippen LogP contribution is 2.19. The van der Waals surface area contributed by atoms with Gasteiger partial charge in [0.1, 0.15) is 5.75 Å². The molecule has 120 valence electrons. The number of carbonyl (C=O) groups excluding carboxylic acids is 1. The summed E-state index contributed by atoms with van der Waals surface area (Å²) in [6, 6.07) is 7.57. The maximum Gasteiger partial charge on any atom is 0.264 e. The largest absolute Gasteiger partial charge is 0.497 e. The summed E-state index contributed by atoms with van der Waals surface area (Å²) in [4.78, 5) is 19.4. The molecule has 22 heavy (non-hydrogen) atoms. The molecule has 0 unspecified atom stereocenters. The van der Waals surface area contributed by atoms with Gasteiger partial charge < -0.3 is 19.8 Å². The molecule has 0 saturated heterocycles. The lowest BCUT2D eigenvalue weighted by atomic mass is 10.0. The van der Waals surface area contributed by atoms with E-state index in [0.29, 0.717) is 13.0 Å². The Labute approximate surface area is 131 Å². The average molecular weight is 305 g/mol. The lowest BCUT2D eigenvalue weighted by molar-refractivity contribution is -0.131. The molecule has 6 heteroatoms. The van der Waals surface area contributed by atoms with Gasteiger partial charge in [-0.2, -0.15) is 0 Å². The minimum atomic E-state index is -0.531. The number of oxime groups is 1. The predicted molar refractivity (Wildman–Crippen MR) is 85.2 cm³/mol. The normalized spacial score (nSPS) is 17.1. The second kappa shape index (κ2) is 7.79. The van der Waals surface area contributed by atoms with Crippen molar-refractivity contribution in [1.82, 2.24) is 10.2 Å². The van der Waals surface area contributed by atoms with Crippen LogP contribution < -0.4 is 10.1 Å². The third kappa shape index (κ3) is 4.46. The number of methoxy groups -OCH3 is 1. The number of carbonyl (C=O) groups is 1. The zero-order valence-electron chi connectivity index (χ0n) is 13.3. The van der Waals surface area contributed by atoms with E-state index in [1.54, 1.807) is 7.11 Å². The van der Waals surface area contributed by atoms with Crippen LogP contribution in [0.4, 0.5) is 0 Å². The molecule has 1 amide bonds. The van der Waals surface area contributed by atoms with Gasteiger partial charge in [-0.25, -0.2) is 0 Å². The first-order chi connectivity index (χ1) is 10.6. The molecule has 0 bridgehead atoms. The van der Waals surface area contributed by atoms with Crippen LogP contribution in [-0.4, -0.2) is 56.9 Å². The number of hydrogen-bond acceptors (Lipinski definition) is 5. The summed E-state index contributed by atoms with van der Waals surface area (Å²) >= 11 is 0. The van der Waals surface area contributed by atoms with Gasteiger partial charge in [0.05, 0.1) is 12.8 Å². The van der Waals surface area contributed by atoms with Gasteiger partial charge in [-0.3, -0.25) is 4.79 Å². The summed E-state index contributed by atoms with van der Waals surface area (Å²) in [5.41, 5.74) is 1.74. The van der Waals surface area contributed by atoms with Crippen molar-refractivity contribution in [2.75, 3.05) is 34.3 Å². The molecule has 1 atom stereocenters. The summed E-state index contributed by atoms with van der Waals surface area (Å²) in [7, 11) is 5.65. The van der Waals surface area contributed by atoms with E-state index in [1.807, 2.05) is 38.4 Å². The Morgan fingerprint density at radius 1 is 1.41 bits per heavy atom. The Bertz CT molecular complexity index is 526. The smallest absolute Gasteiger partial charge is 0.264 e. The van der Waals surface area contributed by atoms with Crippen molar-refractivity contribution < 1.29 is 14.4 Å². The highest BCUT2D eigenvalue weighted by atomic mass is 16.6. The summed E-state index contributed by atoms with van der Waals surface area (Å²) in [5, 5.41) is 6.91. The van der Waals surface area contributed by atoms with Crippen LogP contribution >= 0.6 is 0 Å². The van der Waals surface area contributed by atoms with Crippen molar-refractivity contribution in [1.29, 1.82) is 0 Å².